The molecular formula is C13H23N3O2. The number of likely N-dealkylation sites (N-methyl/N-ethyl adjacent to an activating group) is 2. The summed E-state index contributed by atoms with van der Waals surface area (Å²) in [5.74, 6) is -0.0732. The van der Waals surface area contributed by atoms with Crippen LogP contribution in [0.25, 0.3) is 0 Å². The number of nitrogens with zero attached hydrogens (tertiary/aromatic N) is 2. The summed E-state index contributed by atoms with van der Waals surface area (Å²) < 4.78 is 0. The van der Waals surface area contributed by atoms with Crippen LogP contribution in [0.5, 0.6) is 0 Å². The van der Waals surface area contributed by atoms with E-state index in [1.54, 1.807) is 0 Å². The first kappa shape index (κ1) is 13.3. The average molecular weight is 253 g/mol. The summed E-state index contributed by atoms with van der Waals surface area (Å²) in [6.45, 7) is 1.26. The molecule has 2 amide bonds. The van der Waals surface area contributed by atoms with Crippen LogP contribution in [0, 0.1) is 5.92 Å². The third kappa shape index (κ3) is 2.36. The van der Waals surface area contributed by atoms with Gasteiger partial charge in [-0.25, -0.2) is 0 Å². The molecule has 5 heteroatoms. The third-order valence-corrected chi connectivity index (χ3v) is 4.47. The molecule has 2 rings (SSSR count). The number of hydrogen-bond donors (Lipinski definition) is 1. The maximum atomic E-state index is 12.2. The van der Waals surface area contributed by atoms with Crippen LogP contribution in [-0.2, 0) is 9.59 Å². The zero-order valence-corrected chi connectivity index (χ0v) is 11.5. The van der Waals surface area contributed by atoms with Gasteiger partial charge in [-0.1, -0.05) is 0 Å². The van der Waals surface area contributed by atoms with Gasteiger partial charge >= 0.3 is 0 Å². The molecule has 1 atom stereocenters. The Hall–Kier alpha value is -1.10. The van der Waals surface area contributed by atoms with Gasteiger partial charge in [0, 0.05) is 32.1 Å². The summed E-state index contributed by atoms with van der Waals surface area (Å²) in [6, 6.07) is 0. The second kappa shape index (κ2) is 4.88. The van der Waals surface area contributed by atoms with Crippen LogP contribution >= 0.6 is 0 Å². The van der Waals surface area contributed by atoms with E-state index >= 15 is 0 Å². The number of carbonyl (C=O) groups is 2. The van der Waals surface area contributed by atoms with Crippen molar-refractivity contribution in [3.8, 4) is 0 Å². The lowest BCUT2D eigenvalue weighted by Crippen LogP contribution is -2.58. The maximum Gasteiger partial charge on any atom is 0.227 e. The smallest absolute Gasteiger partial charge is 0.227 e. The average Bonchev–Trinajstić information content (AvgIpc) is 2.68. The van der Waals surface area contributed by atoms with Gasteiger partial charge in [0.2, 0.25) is 11.8 Å². The Labute approximate surface area is 108 Å². The zero-order valence-electron chi connectivity index (χ0n) is 11.5. The van der Waals surface area contributed by atoms with Crippen molar-refractivity contribution >= 4 is 11.8 Å². The predicted octanol–water partition coefficient (Wildman–Crippen LogP) is 0.0652. The van der Waals surface area contributed by atoms with E-state index < -0.39 is 0 Å². The highest BCUT2D eigenvalue weighted by Crippen LogP contribution is 2.36. The Kier molecular flexibility index (Phi) is 3.61. The molecule has 1 saturated heterocycles. The van der Waals surface area contributed by atoms with Crippen LogP contribution in [-0.4, -0.2) is 61.4 Å². The lowest BCUT2D eigenvalue weighted by atomic mass is 9.75. The van der Waals surface area contributed by atoms with Gasteiger partial charge in [-0.3, -0.25) is 9.59 Å². The van der Waals surface area contributed by atoms with Crippen LogP contribution in [0.15, 0.2) is 0 Å². The Morgan fingerprint density at radius 3 is 2.44 bits per heavy atom. The van der Waals surface area contributed by atoms with Crippen LogP contribution in [0.2, 0.25) is 0 Å². The molecule has 1 saturated carbocycles. The first-order valence-corrected chi connectivity index (χ1v) is 6.64. The maximum absolute atomic E-state index is 12.2. The molecule has 1 N–H and O–H groups in total. The second-order valence-electron chi connectivity index (χ2n) is 5.87. The largest absolute Gasteiger partial charge is 0.355 e. The topological polar surface area (TPSA) is 52.6 Å². The number of nitrogens with one attached hydrogen (secondary N) is 1. The molecule has 0 aromatic carbocycles. The van der Waals surface area contributed by atoms with Crippen molar-refractivity contribution in [2.24, 2.45) is 5.92 Å². The number of carbonyl (C=O) groups excluding carboxylic acids is 2. The summed E-state index contributed by atoms with van der Waals surface area (Å²) in [4.78, 5) is 27.4. The molecule has 1 heterocycles. The highest BCUT2D eigenvalue weighted by atomic mass is 16.2. The van der Waals surface area contributed by atoms with E-state index in [0.717, 1.165) is 19.4 Å². The van der Waals surface area contributed by atoms with Gasteiger partial charge in [-0.2, -0.15) is 0 Å². The number of amides is 2. The van der Waals surface area contributed by atoms with Gasteiger partial charge in [0.1, 0.15) is 0 Å². The zero-order chi connectivity index (χ0) is 13.3. The second-order valence-corrected chi connectivity index (χ2v) is 5.87. The van der Waals surface area contributed by atoms with Crippen molar-refractivity contribution in [3.63, 3.8) is 0 Å². The summed E-state index contributed by atoms with van der Waals surface area (Å²) in [5.41, 5.74) is 0.153. The van der Waals surface area contributed by atoms with E-state index in [1.165, 1.54) is 6.42 Å². The van der Waals surface area contributed by atoms with E-state index in [0.29, 0.717) is 13.0 Å². The molecule has 2 aliphatic rings. The van der Waals surface area contributed by atoms with Crippen molar-refractivity contribution in [2.75, 3.05) is 34.2 Å². The van der Waals surface area contributed by atoms with Crippen molar-refractivity contribution in [2.45, 2.75) is 31.2 Å². The Morgan fingerprint density at radius 2 is 2.06 bits per heavy atom. The van der Waals surface area contributed by atoms with Gasteiger partial charge in [0.25, 0.3) is 0 Å². The third-order valence-electron chi connectivity index (χ3n) is 4.47. The standard InChI is InChI=1S/C13H23N3O2/c1-15(2)13(5-4-6-13)9-16(3)12(18)10-7-11(17)14-8-10/h10H,4-9H2,1-3H3,(H,14,17). The first-order valence-electron chi connectivity index (χ1n) is 6.64. The van der Waals surface area contributed by atoms with E-state index in [9.17, 15) is 9.59 Å². The molecule has 102 valence electrons. The van der Waals surface area contributed by atoms with Crippen LogP contribution in [0.1, 0.15) is 25.7 Å². The van der Waals surface area contributed by atoms with Crippen LogP contribution in [0.3, 0.4) is 0 Å². The van der Waals surface area contributed by atoms with Crippen LogP contribution < -0.4 is 5.32 Å². The summed E-state index contributed by atoms with van der Waals surface area (Å²) in [5, 5.41) is 2.72. The molecule has 1 aliphatic carbocycles. The number of hydrogen-bond acceptors (Lipinski definition) is 3. The van der Waals surface area contributed by atoms with Gasteiger partial charge in [-0.15, -0.1) is 0 Å². The molecule has 0 spiro atoms. The van der Waals surface area contributed by atoms with E-state index in [-0.39, 0.29) is 23.3 Å². The van der Waals surface area contributed by atoms with Crippen molar-refractivity contribution < 1.29 is 9.59 Å². The van der Waals surface area contributed by atoms with Gasteiger partial charge in [0.15, 0.2) is 0 Å². The molecular weight excluding hydrogens is 230 g/mol. The SMILES string of the molecule is CN(CC1(N(C)C)CCC1)C(=O)C1CNC(=O)C1. The Balaban J connectivity index is 1.93. The molecule has 0 aromatic rings. The van der Waals surface area contributed by atoms with Crippen molar-refractivity contribution in [1.82, 2.24) is 15.1 Å². The molecule has 1 unspecified atom stereocenters. The monoisotopic (exact) mass is 253 g/mol. The molecule has 0 bridgehead atoms. The highest BCUT2D eigenvalue weighted by Gasteiger charge is 2.41. The molecule has 18 heavy (non-hydrogen) atoms. The molecule has 5 nitrogen and oxygen atoms in total. The molecule has 1 aliphatic heterocycles. The van der Waals surface area contributed by atoms with Crippen molar-refractivity contribution in [3.05, 3.63) is 0 Å². The fourth-order valence-electron chi connectivity index (χ4n) is 2.94. The molecule has 2 fully saturated rings. The quantitative estimate of drug-likeness (QED) is 0.771. The highest BCUT2D eigenvalue weighted by molar-refractivity contribution is 5.89. The molecule has 0 radical (unpaired) electrons. The van der Waals surface area contributed by atoms with E-state index in [2.05, 4.69) is 24.3 Å². The van der Waals surface area contributed by atoms with Gasteiger partial charge in [0.05, 0.1) is 5.92 Å². The van der Waals surface area contributed by atoms with E-state index in [4.69, 9.17) is 0 Å². The minimum Gasteiger partial charge on any atom is -0.355 e. The fraction of sp³-hybridized carbons (Fsp3) is 0.846. The first-order chi connectivity index (χ1) is 8.44. The lowest BCUT2D eigenvalue weighted by molar-refractivity contribution is -0.137. The normalized spacial score (nSPS) is 25.8. The fourth-order valence-corrected chi connectivity index (χ4v) is 2.94. The summed E-state index contributed by atoms with van der Waals surface area (Å²) in [7, 11) is 6.02. The van der Waals surface area contributed by atoms with Crippen molar-refractivity contribution in [1.29, 1.82) is 0 Å². The predicted molar refractivity (Wildman–Crippen MR) is 69.0 cm³/mol. The minimum absolute atomic E-state index is 0.00674. The number of rotatable bonds is 4. The summed E-state index contributed by atoms with van der Waals surface area (Å²) >= 11 is 0. The minimum atomic E-state index is -0.165. The lowest BCUT2D eigenvalue weighted by Gasteiger charge is -2.49. The Morgan fingerprint density at radius 1 is 1.39 bits per heavy atom. The van der Waals surface area contributed by atoms with Gasteiger partial charge in [-0.05, 0) is 33.4 Å². The molecule has 0 aromatic heterocycles. The summed E-state index contributed by atoms with van der Waals surface area (Å²) in [6.07, 6.45) is 3.89. The van der Waals surface area contributed by atoms with Gasteiger partial charge < -0.3 is 15.1 Å². The Bertz CT molecular complexity index is 350. The van der Waals surface area contributed by atoms with E-state index in [1.807, 2.05) is 11.9 Å². The van der Waals surface area contributed by atoms with Crippen LogP contribution in [0.4, 0.5) is 0 Å².